The fraction of sp³-hybridized carbons (Fsp3) is 0.364. The molecule has 0 saturated heterocycles. The van der Waals surface area contributed by atoms with Gasteiger partial charge in [-0.1, -0.05) is 22.9 Å². The topological polar surface area (TPSA) is 65.3 Å². The highest BCUT2D eigenvalue weighted by molar-refractivity contribution is 8.00. The number of carbonyl (C=O) groups is 1. The molecule has 1 heterocycles. The Hall–Kier alpha value is -1.27. The lowest BCUT2D eigenvalue weighted by Crippen LogP contribution is -2.27. The van der Waals surface area contributed by atoms with Gasteiger partial charge in [0, 0.05) is 0 Å². The van der Waals surface area contributed by atoms with Crippen LogP contribution in [0.25, 0.3) is 0 Å². The molecule has 0 radical (unpaired) electrons. The molecule has 1 N–H and O–H groups in total. The van der Waals surface area contributed by atoms with Gasteiger partial charge in [-0.05, 0) is 24.6 Å². The molecule has 0 aromatic heterocycles. The Balaban J connectivity index is 2.15. The van der Waals surface area contributed by atoms with E-state index in [1.165, 1.54) is 11.8 Å². The van der Waals surface area contributed by atoms with E-state index in [4.69, 9.17) is 16.7 Å². The number of hydrogen-bond acceptors (Lipinski definition) is 5. The summed E-state index contributed by atoms with van der Waals surface area (Å²) in [5.74, 6) is -0.822. The summed E-state index contributed by atoms with van der Waals surface area (Å²) in [5.41, 5.74) is 1.82. The molecule has 1 unspecified atom stereocenters. The van der Waals surface area contributed by atoms with Gasteiger partial charge in [0.2, 0.25) is 0 Å². The van der Waals surface area contributed by atoms with E-state index in [0.717, 1.165) is 11.3 Å². The van der Waals surface area contributed by atoms with Crippen LogP contribution in [0.15, 0.2) is 28.5 Å². The van der Waals surface area contributed by atoms with Gasteiger partial charge in [-0.2, -0.15) is 5.11 Å². The Morgan fingerprint density at radius 1 is 1.67 bits per heavy atom. The summed E-state index contributed by atoms with van der Waals surface area (Å²) in [4.78, 5) is 10.6. The highest BCUT2D eigenvalue weighted by Gasteiger charge is 2.26. The fourth-order valence-corrected chi connectivity index (χ4v) is 2.73. The van der Waals surface area contributed by atoms with Crippen LogP contribution < -0.4 is 5.01 Å². The van der Waals surface area contributed by atoms with E-state index < -0.39 is 5.97 Å². The SMILES string of the molecule is Cc1ccc(N2N=NCC2SCC(=O)O)c(Cl)c1. The third-order valence-electron chi connectivity index (χ3n) is 2.42. The molecule has 1 aromatic rings. The van der Waals surface area contributed by atoms with Crippen LogP contribution in [0, 0.1) is 6.92 Å². The first-order valence-electron chi connectivity index (χ1n) is 5.34. The first-order chi connectivity index (χ1) is 8.58. The summed E-state index contributed by atoms with van der Waals surface area (Å²) in [6.07, 6.45) is 0. The minimum absolute atomic E-state index is 0.0235. The number of carboxylic acids is 1. The molecule has 0 amide bonds. The smallest absolute Gasteiger partial charge is 0.313 e. The Morgan fingerprint density at radius 2 is 2.44 bits per heavy atom. The van der Waals surface area contributed by atoms with Crippen molar-refractivity contribution in [2.75, 3.05) is 17.3 Å². The molecular formula is C11H12ClN3O2S. The van der Waals surface area contributed by atoms with E-state index in [1.807, 2.05) is 25.1 Å². The number of benzene rings is 1. The van der Waals surface area contributed by atoms with Crippen molar-refractivity contribution in [3.8, 4) is 0 Å². The summed E-state index contributed by atoms with van der Waals surface area (Å²) in [6, 6.07) is 5.66. The molecule has 7 heteroatoms. The van der Waals surface area contributed by atoms with Crippen LogP contribution in [0.2, 0.25) is 5.02 Å². The summed E-state index contributed by atoms with van der Waals surface area (Å²) in [6.45, 7) is 2.43. The van der Waals surface area contributed by atoms with Gasteiger partial charge in [-0.15, -0.1) is 11.8 Å². The Morgan fingerprint density at radius 3 is 3.11 bits per heavy atom. The van der Waals surface area contributed by atoms with Crippen molar-refractivity contribution in [2.24, 2.45) is 10.3 Å². The molecule has 0 bridgehead atoms. The summed E-state index contributed by atoms with van der Waals surface area (Å²) < 4.78 is 0. The molecule has 0 aliphatic carbocycles. The third kappa shape index (κ3) is 2.94. The zero-order chi connectivity index (χ0) is 13.1. The number of nitrogens with zero attached hydrogens (tertiary/aromatic N) is 3. The zero-order valence-electron chi connectivity index (χ0n) is 9.71. The van der Waals surface area contributed by atoms with Gasteiger partial charge in [-0.3, -0.25) is 4.79 Å². The minimum atomic E-state index is -0.846. The number of aliphatic carboxylic acids is 1. The molecule has 0 fully saturated rings. The predicted octanol–water partition coefficient (Wildman–Crippen LogP) is 2.98. The number of carboxylic acid groups (broad SMARTS) is 1. The molecule has 0 spiro atoms. The molecule has 1 atom stereocenters. The standard InChI is InChI=1S/C11H12ClN3O2S/c1-7-2-3-9(8(12)4-7)15-10(5-13-14-15)18-6-11(16)17/h2-4,10H,5-6H2,1H3,(H,16,17). The molecule has 2 rings (SSSR count). The van der Waals surface area contributed by atoms with Gasteiger partial charge >= 0.3 is 5.97 Å². The molecule has 1 aliphatic rings. The van der Waals surface area contributed by atoms with Crippen molar-refractivity contribution >= 4 is 35.0 Å². The van der Waals surface area contributed by atoms with E-state index in [-0.39, 0.29) is 11.1 Å². The first kappa shape index (κ1) is 13.2. The monoisotopic (exact) mass is 285 g/mol. The lowest BCUT2D eigenvalue weighted by atomic mass is 10.2. The van der Waals surface area contributed by atoms with Gasteiger partial charge < -0.3 is 5.11 Å². The lowest BCUT2D eigenvalue weighted by molar-refractivity contribution is -0.133. The van der Waals surface area contributed by atoms with Crippen LogP contribution in [0.4, 0.5) is 5.69 Å². The number of halogens is 1. The highest BCUT2D eigenvalue weighted by atomic mass is 35.5. The Bertz CT molecular complexity index is 495. The summed E-state index contributed by atoms with van der Waals surface area (Å²) in [5, 5.41) is 18.8. The average molecular weight is 286 g/mol. The number of hydrogen-bond donors (Lipinski definition) is 1. The van der Waals surface area contributed by atoms with E-state index in [0.29, 0.717) is 11.6 Å². The maximum atomic E-state index is 10.6. The molecule has 1 aliphatic heterocycles. The van der Waals surface area contributed by atoms with Crippen LogP contribution in [-0.2, 0) is 4.79 Å². The molecular weight excluding hydrogens is 274 g/mol. The van der Waals surface area contributed by atoms with Crippen molar-refractivity contribution in [1.82, 2.24) is 0 Å². The summed E-state index contributed by atoms with van der Waals surface area (Å²) in [7, 11) is 0. The second-order valence-corrected chi connectivity index (χ2v) is 5.45. The van der Waals surface area contributed by atoms with Gasteiger partial charge in [0.05, 0.1) is 23.0 Å². The fourth-order valence-electron chi connectivity index (χ4n) is 1.60. The number of rotatable bonds is 4. The Labute approximate surface area is 114 Å². The molecule has 5 nitrogen and oxygen atoms in total. The van der Waals surface area contributed by atoms with Gasteiger partial charge in [0.15, 0.2) is 0 Å². The third-order valence-corrected chi connectivity index (χ3v) is 3.87. The van der Waals surface area contributed by atoms with Crippen molar-refractivity contribution in [3.63, 3.8) is 0 Å². The van der Waals surface area contributed by atoms with Crippen molar-refractivity contribution in [3.05, 3.63) is 28.8 Å². The van der Waals surface area contributed by atoms with Crippen LogP contribution >= 0.6 is 23.4 Å². The van der Waals surface area contributed by atoms with Crippen LogP contribution in [0.5, 0.6) is 0 Å². The maximum Gasteiger partial charge on any atom is 0.313 e. The van der Waals surface area contributed by atoms with Crippen molar-refractivity contribution in [2.45, 2.75) is 12.3 Å². The van der Waals surface area contributed by atoms with E-state index >= 15 is 0 Å². The Kier molecular flexibility index (Phi) is 4.08. The average Bonchev–Trinajstić information content (AvgIpc) is 2.74. The predicted molar refractivity (Wildman–Crippen MR) is 72.3 cm³/mol. The number of thioether (sulfide) groups is 1. The van der Waals surface area contributed by atoms with E-state index in [9.17, 15) is 4.79 Å². The normalized spacial score (nSPS) is 18.3. The number of anilines is 1. The molecule has 18 heavy (non-hydrogen) atoms. The van der Waals surface area contributed by atoms with Gasteiger partial charge in [-0.25, -0.2) is 5.01 Å². The molecule has 0 saturated carbocycles. The highest BCUT2D eigenvalue weighted by Crippen LogP contribution is 2.34. The first-order valence-corrected chi connectivity index (χ1v) is 6.77. The van der Waals surface area contributed by atoms with E-state index in [1.54, 1.807) is 5.01 Å². The lowest BCUT2D eigenvalue weighted by Gasteiger charge is -2.21. The maximum absolute atomic E-state index is 10.6. The molecule has 96 valence electrons. The minimum Gasteiger partial charge on any atom is -0.481 e. The summed E-state index contributed by atoms with van der Waals surface area (Å²) >= 11 is 7.46. The quantitative estimate of drug-likeness (QED) is 0.923. The van der Waals surface area contributed by atoms with Gasteiger partial charge in [0.1, 0.15) is 5.37 Å². The van der Waals surface area contributed by atoms with Crippen LogP contribution in [0.3, 0.4) is 0 Å². The largest absolute Gasteiger partial charge is 0.481 e. The second kappa shape index (κ2) is 5.58. The zero-order valence-corrected chi connectivity index (χ0v) is 11.3. The van der Waals surface area contributed by atoms with E-state index in [2.05, 4.69) is 10.3 Å². The number of aryl methyl sites for hydroxylation is 1. The van der Waals surface area contributed by atoms with Crippen LogP contribution in [0.1, 0.15) is 5.56 Å². The van der Waals surface area contributed by atoms with Crippen molar-refractivity contribution < 1.29 is 9.90 Å². The second-order valence-electron chi connectivity index (χ2n) is 3.87. The van der Waals surface area contributed by atoms with Crippen molar-refractivity contribution in [1.29, 1.82) is 0 Å². The van der Waals surface area contributed by atoms with Crippen LogP contribution in [-0.4, -0.2) is 28.7 Å². The van der Waals surface area contributed by atoms with Gasteiger partial charge in [0.25, 0.3) is 0 Å². The molecule has 1 aromatic carbocycles.